The third kappa shape index (κ3) is 5.43. The van der Waals surface area contributed by atoms with Crippen LogP contribution in [-0.2, 0) is 10.0 Å². The molecule has 30 heavy (non-hydrogen) atoms. The van der Waals surface area contributed by atoms with Gasteiger partial charge < -0.3 is 19.7 Å². The number of likely N-dealkylation sites (N-methyl/N-ethyl adjacent to an activating group) is 1. The monoisotopic (exact) mass is 434 g/mol. The Hall–Kier alpha value is -2.78. The molecule has 0 spiro atoms. The largest absolute Gasteiger partial charge is 0.486 e. The number of quaternary nitrogens is 1. The second-order valence-corrected chi connectivity index (χ2v) is 8.63. The first-order chi connectivity index (χ1) is 14.4. The predicted octanol–water partition coefficient (Wildman–Crippen LogP) is 0.913. The van der Waals surface area contributed by atoms with Crippen molar-refractivity contribution < 1.29 is 27.6 Å². The number of fused-ring (bicyclic) bond motifs is 1. The van der Waals surface area contributed by atoms with E-state index < -0.39 is 10.0 Å². The van der Waals surface area contributed by atoms with E-state index in [1.54, 1.807) is 30.3 Å². The second kappa shape index (κ2) is 9.82. The zero-order chi connectivity index (χ0) is 21.6. The first kappa shape index (κ1) is 21.9. The van der Waals surface area contributed by atoms with Crippen molar-refractivity contribution in [2.45, 2.75) is 18.7 Å². The summed E-state index contributed by atoms with van der Waals surface area (Å²) < 4.78 is 38.7. The van der Waals surface area contributed by atoms with Crippen LogP contribution in [0.5, 0.6) is 11.5 Å². The normalized spacial score (nSPS) is 13.2. The summed E-state index contributed by atoms with van der Waals surface area (Å²) in [5, 5.41) is 2.90. The molecule has 0 aliphatic carbocycles. The summed E-state index contributed by atoms with van der Waals surface area (Å²) in [7, 11) is -3.80. The molecule has 0 radical (unpaired) electrons. The van der Waals surface area contributed by atoms with Crippen molar-refractivity contribution in [2.24, 2.45) is 0 Å². The van der Waals surface area contributed by atoms with Gasteiger partial charge in [0.2, 0.25) is 0 Å². The van der Waals surface area contributed by atoms with Crippen molar-refractivity contribution in [3.63, 3.8) is 0 Å². The third-order valence-corrected chi connectivity index (χ3v) is 6.37. The van der Waals surface area contributed by atoms with Gasteiger partial charge in [0, 0.05) is 17.3 Å². The summed E-state index contributed by atoms with van der Waals surface area (Å²) >= 11 is 0. The highest BCUT2D eigenvalue weighted by Gasteiger charge is 2.19. The molecule has 0 saturated carbocycles. The Morgan fingerprint density at radius 1 is 1.00 bits per heavy atom. The molecule has 3 rings (SSSR count). The van der Waals surface area contributed by atoms with Crippen LogP contribution in [0.15, 0.2) is 47.4 Å². The van der Waals surface area contributed by atoms with Gasteiger partial charge in [0.15, 0.2) is 11.5 Å². The van der Waals surface area contributed by atoms with Crippen LogP contribution in [0, 0.1) is 0 Å². The highest BCUT2D eigenvalue weighted by Crippen LogP contribution is 2.32. The van der Waals surface area contributed by atoms with E-state index in [1.165, 1.54) is 17.0 Å². The quantitative estimate of drug-likeness (QED) is 0.545. The fourth-order valence-corrected chi connectivity index (χ4v) is 4.23. The third-order valence-electron chi connectivity index (χ3n) is 4.99. The number of hydrogen-bond acceptors (Lipinski definition) is 5. The van der Waals surface area contributed by atoms with Gasteiger partial charge in [-0.05, 0) is 50.2 Å². The molecule has 0 saturated heterocycles. The van der Waals surface area contributed by atoms with Gasteiger partial charge in [0.1, 0.15) is 13.2 Å². The predicted molar refractivity (Wildman–Crippen MR) is 114 cm³/mol. The van der Waals surface area contributed by atoms with Gasteiger partial charge in [-0.1, -0.05) is 0 Å². The molecule has 1 amide bonds. The smallest absolute Gasteiger partial charge is 0.262 e. The van der Waals surface area contributed by atoms with E-state index in [-0.39, 0.29) is 10.8 Å². The van der Waals surface area contributed by atoms with E-state index in [1.807, 2.05) is 0 Å². The summed E-state index contributed by atoms with van der Waals surface area (Å²) in [6.45, 7) is 8.55. The molecule has 0 fully saturated rings. The van der Waals surface area contributed by atoms with Gasteiger partial charge in [0.05, 0.1) is 31.1 Å². The zero-order valence-corrected chi connectivity index (χ0v) is 18.1. The maximum atomic E-state index is 12.7. The standard InChI is InChI=1S/C21H27N3O5S/c1-3-24(4-2)12-11-22-21(25)16-5-7-17(8-6-16)23-30(26,27)18-9-10-19-20(15-18)29-14-13-28-19/h5-10,15,23H,3-4,11-14H2,1-2H3,(H,22,25)/p+1. The molecular weight excluding hydrogens is 406 g/mol. The van der Waals surface area contributed by atoms with Crippen molar-refractivity contribution in [1.29, 1.82) is 0 Å². The second-order valence-electron chi connectivity index (χ2n) is 6.95. The lowest BCUT2D eigenvalue weighted by Crippen LogP contribution is -3.12. The van der Waals surface area contributed by atoms with Crippen molar-refractivity contribution in [3.05, 3.63) is 48.0 Å². The number of anilines is 1. The molecule has 0 aromatic heterocycles. The van der Waals surface area contributed by atoms with Crippen LogP contribution in [0.4, 0.5) is 5.69 Å². The number of sulfonamides is 1. The maximum Gasteiger partial charge on any atom is 0.262 e. The molecule has 162 valence electrons. The molecule has 9 heteroatoms. The minimum absolute atomic E-state index is 0.0764. The van der Waals surface area contributed by atoms with Crippen LogP contribution in [0.25, 0.3) is 0 Å². The van der Waals surface area contributed by atoms with Gasteiger partial charge >= 0.3 is 0 Å². The molecular formula is C21H28N3O5S+. The molecule has 2 aromatic rings. The molecule has 8 nitrogen and oxygen atoms in total. The highest BCUT2D eigenvalue weighted by atomic mass is 32.2. The average Bonchev–Trinajstić information content (AvgIpc) is 2.76. The van der Waals surface area contributed by atoms with E-state index in [4.69, 9.17) is 9.47 Å². The zero-order valence-electron chi connectivity index (χ0n) is 17.2. The lowest BCUT2D eigenvalue weighted by Gasteiger charge is -2.19. The summed E-state index contributed by atoms with van der Waals surface area (Å²) in [5.74, 6) is 0.753. The van der Waals surface area contributed by atoms with Crippen molar-refractivity contribution >= 4 is 21.6 Å². The van der Waals surface area contributed by atoms with Crippen LogP contribution in [-0.4, -0.2) is 53.7 Å². The number of amides is 1. The van der Waals surface area contributed by atoms with Gasteiger partial charge in [-0.25, -0.2) is 8.42 Å². The fourth-order valence-electron chi connectivity index (χ4n) is 3.15. The van der Waals surface area contributed by atoms with Gasteiger partial charge in [-0.15, -0.1) is 0 Å². The Kier molecular flexibility index (Phi) is 7.17. The average molecular weight is 435 g/mol. The number of carbonyl (C=O) groups excluding carboxylic acids is 1. The van der Waals surface area contributed by atoms with Crippen LogP contribution in [0.1, 0.15) is 24.2 Å². The first-order valence-corrected chi connectivity index (χ1v) is 11.6. The Balaban J connectivity index is 1.61. The topological polar surface area (TPSA) is 98.2 Å². The van der Waals surface area contributed by atoms with E-state index in [0.29, 0.717) is 42.5 Å². The molecule has 1 aliphatic heterocycles. The lowest BCUT2D eigenvalue weighted by molar-refractivity contribution is -0.895. The molecule has 0 bridgehead atoms. The number of rotatable bonds is 9. The lowest BCUT2D eigenvalue weighted by atomic mass is 10.2. The van der Waals surface area contributed by atoms with Gasteiger partial charge in [-0.2, -0.15) is 0 Å². The number of ether oxygens (including phenoxy) is 2. The molecule has 1 heterocycles. The number of nitrogens with one attached hydrogen (secondary N) is 3. The van der Waals surface area contributed by atoms with Crippen molar-refractivity contribution in [2.75, 3.05) is 44.1 Å². The van der Waals surface area contributed by atoms with Crippen LogP contribution in [0.2, 0.25) is 0 Å². The summed E-state index contributed by atoms with van der Waals surface area (Å²) in [6, 6.07) is 10.8. The van der Waals surface area contributed by atoms with Gasteiger partial charge in [0.25, 0.3) is 15.9 Å². The van der Waals surface area contributed by atoms with Crippen molar-refractivity contribution in [1.82, 2.24) is 5.32 Å². The number of benzene rings is 2. The highest BCUT2D eigenvalue weighted by molar-refractivity contribution is 7.92. The first-order valence-electron chi connectivity index (χ1n) is 10.1. The molecule has 2 aromatic carbocycles. The van der Waals surface area contributed by atoms with Crippen LogP contribution < -0.4 is 24.4 Å². The van der Waals surface area contributed by atoms with Crippen LogP contribution >= 0.6 is 0 Å². The molecule has 1 aliphatic rings. The summed E-state index contributed by atoms with van der Waals surface area (Å²) in [4.78, 5) is 13.8. The molecule has 0 atom stereocenters. The fraction of sp³-hybridized carbons (Fsp3) is 0.381. The molecule has 3 N–H and O–H groups in total. The van der Waals surface area contributed by atoms with Crippen molar-refractivity contribution in [3.8, 4) is 11.5 Å². The summed E-state index contributed by atoms with van der Waals surface area (Å²) in [5.41, 5.74) is 0.848. The summed E-state index contributed by atoms with van der Waals surface area (Å²) in [6.07, 6.45) is 0. The Morgan fingerprint density at radius 3 is 2.33 bits per heavy atom. The number of hydrogen-bond donors (Lipinski definition) is 3. The number of carbonyl (C=O) groups is 1. The van der Waals surface area contributed by atoms with E-state index >= 15 is 0 Å². The minimum Gasteiger partial charge on any atom is -0.486 e. The molecule has 0 unspecified atom stereocenters. The maximum absolute atomic E-state index is 12.7. The van der Waals surface area contributed by atoms with Crippen LogP contribution in [0.3, 0.4) is 0 Å². The van der Waals surface area contributed by atoms with Gasteiger partial charge in [-0.3, -0.25) is 9.52 Å². The minimum atomic E-state index is -3.80. The Bertz CT molecular complexity index is 973. The van der Waals surface area contributed by atoms with E-state index in [2.05, 4.69) is 23.9 Å². The Labute approximate surface area is 177 Å². The Morgan fingerprint density at radius 2 is 1.67 bits per heavy atom. The SMILES string of the molecule is CC[NH+](CC)CCNC(=O)c1ccc(NS(=O)(=O)c2ccc3c(c2)OCCO3)cc1. The van der Waals surface area contributed by atoms with E-state index in [9.17, 15) is 13.2 Å². The van der Waals surface area contributed by atoms with E-state index in [0.717, 1.165) is 19.6 Å².